The van der Waals surface area contributed by atoms with Crippen LogP contribution in [0.25, 0.3) is 0 Å². The van der Waals surface area contributed by atoms with Crippen LogP contribution in [0.4, 0.5) is 10.5 Å². The minimum absolute atomic E-state index is 0.0742. The highest BCUT2D eigenvalue weighted by atomic mass is 32.2. The molecule has 0 unspecified atom stereocenters. The molecule has 3 N–H and O–H groups in total. The third-order valence-corrected chi connectivity index (χ3v) is 5.54. The molecule has 0 bridgehead atoms. The van der Waals surface area contributed by atoms with Crippen molar-refractivity contribution in [3.8, 4) is 5.75 Å². The maximum absolute atomic E-state index is 12.6. The number of aliphatic hydroxyl groups is 1. The molecular formula is C16H27N3O5S. The average Bonchev–Trinajstić information content (AvgIpc) is 2.57. The number of aliphatic hydroxyl groups excluding tert-OH is 1. The average molecular weight is 373 g/mol. The first kappa shape index (κ1) is 21.2. The van der Waals surface area contributed by atoms with E-state index >= 15 is 0 Å². The summed E-state index contributed by atoms with van der Waals surface area (Å²) in [4.78, 5) is 12.1. The Morgan fingerprint density at radius 2 is 1.92 bits per heavy atom. The molecule has 1 rings (SSSR count). The molecule has 0 aliphatic heterocycles. The van der Waals surface area contributed by atoms with E-state index in [1.54, 1.807) is 27.7 Å². The minimum Gasteiger partial charge on any atom is -0.492 e. The summed E-state index contributed by atoms with van der Waals surface area (Å²) in [6, 6.07) is 3.36. The van der Waals surface area contributed by atoms with Crippen molar-refractivity contribution in [2.75, 3.05) is 31.6 Å². The van der Waals surface area contributed by atoms with Crippen molar-refractivity contribution in [2.24, 2.45) is 0 Å². The van der Waals surface area contributed by atoms with Crippen LogP contribution in [0.2, 0.25) is 0 Å². The summed E-state index contributed by atoms with van der Waals surface area (Å²) in [6.45, 7) is 7.82. The molecule has 25 heavy (non-hydrogen) atoms. The molecule has 1 aromatic carbocycles. The van der Waals surface area contributed by atoms with Crippen molar-refractivity contribution < 1.29 is 23.1 Å². The van der Waals surface area contributed by atoms with Crippen LogP contribution in [-0.4, -0.2) is 56.2 Å². The van der Waals surface area contributed by atoms with E-state index in [1.165, 1.54) is 22.5 Å². The van der Waals surface area contributed by atoms with Gasteiger partial charge in [-0.1, -0.05) is 13.8 Å². The molecule has 9 heteroatoms. The molecule has 0 aliphatic rings. The fourth-order valence-electron chi connectivity index (χ4n) is 2.19. The summed E-state index contributed by atoms with van der Waals surface area (Å²) in [7, 11) is -3.65. The highest BCUT2D eigenvalue weighted by molar-refractivity contribution is 7.89. The number of carbonyl (C=O) groups excluding carboxylic acids is 1. The molecule has 0 aromatic heterocycles. The van der Waals surface area contributed by atoms with Gasteiger partial charge in [0.25, 0.3) is 0 Å². The summed E-state index contributed by atoms with van der Waals surface area (Å²) in [5, 5.41) is 14.1. The van der Waals surface area contributed by atoms with E-state index in [1.807, 2.05) is 0 Å². The number of sulfonamides is 1. The molecular weight excluding hydrogens is 346 g/mol. The van der Waals surface area contributed by atoms with E-state index in [4.69, 9.17) is 9.84 Å². The topological polar surface area (TPSA) is 108 Å². The molecule has 0 fully saturated rings. The van der Waals surface area contributed by atoms with Crippen LogP contribution in [0.3, 0.4) is 0 Å². The first-order valence-electron chi connectivity index (χ1n) is 8.25. The molecule has 0 heterocycles. The van der Waals surface area contributed by atoms with Gasteiger partial charge in [0, 0.05) is 13.1 Å². The Bertz CT molecular complexity index is 674. The Labute approximate surface area is 149 Å². The molecule has 0 saturated carbocycles. The lowest BCUT2D eigenvalue weighted by Crippen LogP contribution is -2.38. The van der Waals surface area contributed by atoms with E-state index in [-0.39, 0.29) is 17.2 Å². The van der Waals surface area contributed by atoms with Gasteiger partial charge >= 0.3 is 6.03 Å². The predicted octanol–water partition coefficient (Wildman–Crippen LogP) is 1.62. The van der Waals surface area contributed by atoms with Crippen LogP contribution in [0.15, 0.2) is 23.1 Å². The molecule has 0 saturated heterocycles. The Morgan fingerprint density at radius 3 is 2.44 bits per heavy atom. The number of amides is 2. The number of urea groups is 1. The lowest BCUT2D eigenvalue weighted by Gasteiger charge is -2.20. The summed E-state index contributed by atoms with van der Waals surface area (Å²) in [6.07, 6.45) is 0. The summed E-state index contributed by atoms with van der Waals surface area (Å²) >= 11 is 0. The highest BCUT2D eigenvalue weighted by Crippen LogP contribution is 2.29. The van der Waals surface area contributed by atoms with Gasteiger partial charge in [-0.05, 0) is 32.0 Å². The second-order valence-electron chi connectivity index (χ2n) is 5.36. The van der Waals surface area contributed by atoms with Crippen LogP contribution in [0, 0.1) is 0 Å². The zero-order chi connectivity index (χ0) is 19.0. The van der Waals surface area contributed by atoms with E-state index in [9.17, 15) is 13.2 Å². The maximum atomic E-state index is 12.6. The van der Waals surface area contributed by atoms with Gasteiger partial charge in [-0.25, -0.2) is 13.2 Å². The molecule has 2 amide bonds. The largest absolute Gasteiger partial charge is 0.492 e. The standard InChI is InChI=1S/C16H27N3O5S/c1-5-19(6-2)25(22,23)13-8-9-15(24-7-3)14(10-13)18-16(21)17-12(4)11-20/h8-10,12,20H,5-7,11H2,1-4H3,(H2,17,18,21)/t12-/m0/s1. The number of ether oxygens (including phenoxy) is 1. The molecule has 1 aromatic rings. The second-order valence-corrected chi connectivity index (χ2v) is 7.30. The fourth-order valence-corrected chi connectivity index (χ4v) is 3.67. The zero-order valence-electron chi connectivity index (χ0n) is 15.1. The van der Waals surface area contributed by atoms with Crippen molar-refractivity contribution in [2.45, 2.75) is 38.6 Å². The van der Waals surface area contributed by atoms with Crippen molar-refractivity contribution >= 4 is 21.7 Å². The molecule has 142 valence electrons. The number of hydrogen-bond donors (Lipinski definition) is 3. The van der Waals surface area contributed by atoms with Gasteiger partial charge in [0.05, 0.1) is 29.8 Å². The Balaban J connectivity index is 3.19. The number of rotatable bonds is 9. The first-order valence-corrected chi connectivity index (χ1v) is 9.69. The Kier molecular flexibility index (Phi) is 8.14. The number of hydrogen-bond acceptors (Lipinski definition) is 5. The Hall–Kier alpha value is -1.84. The molecule has 1 atom stereocenters. The number of nitrogens with one attached hydrogen (secondary N) is 2. The first-order chi connectivity index (χ1) is 11.8. The third-order valence-electron chi connectivity index (χ3n) is 3.49. The van der Waals surface area contributed by atoms with Crippen molar-refractivity contribution in [3.63, 3.8) is 0 Å². The molecule has 0 radical (unpaired) electrons. The van der Waals surface area contributed by atoms with E-state index < -0.39 is 22.1 Å². The summed E-state index contributed by atoms with van der Waals surface area (Å²) < 4.78 is 32.1. The highest BCUT2D eigenvalue weighted by Gasteiger charge is 2.23. The van der Waals surface area contributed by atoms with Crippen LogP contribution in [-0.2, 0) is 10.0 Å². The lowest BCUT2D eigenvalue weighted by atomic mass is 10.3. The third kappa shape index (κ3) is 5.58. The lowest BCUT2D eigenvalue weighted by molar-refractivity contribution is 0.229. The van der Waals surface area contributed by atoms with Crippen LogP contribution in [0.1, 0.15) is 27.7 Å². The van der Waals surface area contributed by atoms with Crippen molar-refractivity contribution in [1.29, 1.82) is 0 Å². The van der Waals surface area contributed by atoms with Crippen LogP contribution in [0.5, 0.6) is 5.75 Å². The second kappa shape index (κ2) is 9.59. The normalized spacial score (nSPS) is 12.7. The van der Waals surface area contributed by atoms with Gasteiger partial charge in [0.1, 0.15) is 5.75 Å². The number of anilines is 1. The van der Waals surface area contributed by atoms with E-state index in [2.05, 4.69) is 10.6 Å². The number of benzene rings is 1. The van der Waals surface area contributed by atoms with Gasteiger partial charge in [0.2, 0.25) is 10.0 Å². The maximum Gasteiger partial charge on any atom is 0.319 e. The number of carbonyl (C=O) groups is 1. The van der Waals surface area contributed by atoms with Crippen LogP contribution >= 0.6 is 0 Å². The smallest absolute Gasteiger partial charge is 0.319 e. The van der Waals surface area contributed by atoms with Gasteiger partial charge in [-0.2, -0.15) is 4.31 Å². The molecule has 0 aliphatic carbocycles. The van der Waals surface area contributed by atoms with Gasteiger partial charge in [0.15, 0.2) is 0 Å². The van der Waals surface area contributed by atoms with Crippen molar-refractivity contribution in [3.05, 3.63) is 18.2 Å². The fraction of sp³-hybridized carbons (Fsp3) is 0.562. The predicted molar refractivity (Wildman–Crippen MR) is 96.4 cm³/mol. The van der Waals surface area contributed by atoms with E-state index in [0.717, 1.165) is 0 Å². The van der Waals surface area contributed by atoms with E-state index in [0.29, 0.717) is 25.4 Å². The summed E-state index contributed by atoms with van der Waals surface area (Å²) in [5.41, 5.74) is 0.248. The molecule has 8 nitrogen and oxygen atoms in total. The van der Waals surface area contributed by atoms with Gasteiger partial charge in [-0.3, -0.25) is 0 Å². The molecule has 0 spiro atoms. The monoisotopic (exact) mass is 373 g/mol. The van der Waals surface area contributed by atoms with Crippen LogP contribution < -0.4 is 15.4 Å². The van der Waals surface area contributed by atoms with Gasteiger partial charge < -0.3 is 20.5 Å². The minimum atomic E-state index is -3.65. The summed E-state index contributed by atoms with van der Waals surface area (Å²) in [5.74, 6) is 0.368. The zero-order valence-corrected chi connectivity index (χ0v) is 15.9. The quantitative estimate of drug-likeness (QED) is 0.610. The SMILES string of the molecule is CCOc1ccc(S(=O)(=O)N(CC)CC)cc1NC(=O)N[C@@H](C)CO. The van der Waals surface area contributed by atoms with Gasteiger partial charge in [-0.15, -0.1) is 0 Å². The number of nitrogens with zero attached hydrogens (tertiary/aromatic N) is 1. The van der Waals surface area contributed by atoms with Crippen molar-refractivity contribution in [1.82, 2.24) is 9.62 Å². The Morgan fingerprint density at radius 1 is 1.28 bits per heavy atom.